The quantitative estimate of drug-likeness (QED) is 0.0346. The molecule has 53 heavy (non-hydrogen) atoms. The van der Waals surface area contributed by atoms with E-state index < -0.39 is 41.5 Å². The topological polar surface area (TPSA) is 306 Å². The van der Waals surface area contributed by atoms with Gasteiger partial charge in [-0.3, -0.25) is 29.3 Å². The van der Waals surface area contributed by atoms with E-state index in [0.29, 0.717) is 32.7 Å². The van der Waals surface area contributed by atoms with Gasteiger partial charge < -0.3 is 11.5 Å². The number of nitro groups is 2. The number of nitrogen functional groups attached to an aromatic ring is 2. The third-order valence-corrected chi connectivity index (χ3v) is 9.63. The number of nitrogens with zero attached hydrogens (tertiary/aromatic N) is 6. The number of fused-ring (bicyclic) bond motifs is 2. The van der Waals surface area contributed by atoms with Crippen molar-refractivity contribution in [3.63, 3.8) is 0 Å². The lowest BCUT2D eigenvalue weighted by Crippen LogP contribution is -1.98. The lowest BCUT2D eigenvalue weighted by Gasteiger charge is -2.12. The molecule has 6 rings (SSSR count). The largest absolute Gasteiger partial charge is 0.398 e. The van der Waals surface area contributed by atoms with Gasteiger partial charge in [-0.15, -0.1) is 10.2 Å². The molecule has 0 heterocycles. The first kappa shape index (κ1) is 35.9. The summed E-state index contributed by atoms with van der Waals surface area (Å²) in [6.07, 6.45) is 0. The minimum atomic E-state index is -4.49. The van der Waals surface area contributed by atoms with Crippen molar-refractivity contribution in [1.29, 1.82) is 0 Å². The molecule has 0 aliphatic heterocycles. The molecule has 21 heteroatoms. The number of benzene rings is 6. The van der Waals surface area contributed by atoms with Crippen molar-refractivity contribution in [3.8, 4) is 22.3 Å². The zero-order valence-electron chi connectivity index (χ0n) is 26.5. The van der Waals surface area contributed by atoms with Crippen molar-refractivity contribution in [2.24, 2.45) is 20.8 Å². The summed E-state index contributed by atoms with van der Waals surface area (Å²) in [5.74, 6) is 0. The smallest absolute Gasteiger partial charge is 0.297 e. The Bertz CT molecular complexity index is 2620. The number of hydrogen-bond donors (Lipinski definition) is 4. The molecule has 0 bridgehead atoms. The van der Waals surface area contributed by atoms with Gasteiger partial charge in [0.2, 0.25) is 0 Å². The minimum absolute atomic E-state index is 0.224. The molecule has 0 amide bonds. The van der Waals surface area contributed by atoms with Crippen LogP contribution >= 0.6 is 0 Å². The molecule has 0 radical (unpaired) electrons. The van der Waals surface area contributed by atoms with Crippen LogP contribution < -0.4 is 11.5 Å². The van der Waals surface area contributed by atoms with Crippen LogP contribution in [0, 0.1) is 20.2 Å². The van der Waals surface area contributed by atoms with Crippen molar-refractivity contribution in [1.82, 2.24) is 0 Å². The van der Waals surface area contributed by atoms with Gasteiger partial charge in [0.05, 0.1) is 30.2 Å². The van der Waals surface area contributed by atoms with Crippen molar-refractivity contribution < 1.29 is 40.7 Å². The van der Waals surface area contributed by atoms with Gasteiger partial charge >= 0.3 is 0 Å². The summed E-state index contributed by atoms with van der Waals surface area (Å²) in [5.41, 5.74) is 12.5. The molecule has 0 aliphatic rings. The van der Waals surface area contributed by atoms with Crippen LogP contribution in [-0.4, -0.2) is 35.8 Å². The Hall–Kier alpha value is -6.94. The molecule has 268 valence electrons. The van der Waals surface area contributed by atoms with E-state index in [-0.39, 0.29) is 43.7 Å². The Kier molecular flexibility index (Phi) is 9.24. The van der Waals surface area contributed by atoms with Crippen LogP contribution in [0.3, 0.4) is 0 Å². The van der Waals surface area contributed by atoms with E-state index in [9.17, 15) is 46.2 Å². The van der Waals surface area contributed by atoms with E-state index in [2.05, 4.69) is 25.7 Å². The highest BCUT2D eigenvalue weighted by atomic mass is 32.2. The monoisotopic (exact) mass is 758 g/mol. The molecular formula is C32H22N8O11S2. The van der Waals surface area contributed by atoms with Crippen LogP contribution in [0.2, 0.25) is 0 Å². The lowest BCUT2D eigenvalue weighted by atomic mass is 9.96. The molecular weight excluding hydrogens is 737 g/mol. The fraction of sp³-hybridized carbons (Fsp3) is 0. The molecule has 0 atom stereocenters. The molecule has 0 spiro atoms. The summed E-state index contributed by atoms with van der Waals surface area (Å²) >= 11 is 0. The maximum Gasteiger partial charge on any atom is 0.297 e. The van der Waals surface area contributed by atoms with E-state index in [1.54, 1.807) is 0 Å². The van der Waals surface area contributed by atoms with Gasteiger partial charge in [0.25, 0.3) is 31.6 Å². The van der Waals surface area contributed by atoms with Crippen LogP contribution in [-0.2, 0) is 25.2 Å². The van der Waals surface area contributed by atoms with E-state index in [1.807, 2.05) is 0 Å². The second-order valence-corrected chi connectivity index (χ2v) is 14.0. The van der Waals surface area contributed by atoms with E-state index >= 15 is 0 Å². The first-order valence-corrected chi connectivity index (χ1v) is 17.6. The van der Waals surface area contributed by atoms with Crippen LogP contribution in [0.4, 0.5) is 34.1 Å². The summed E-state index contributed by atoms with van der Waals surface area (Å²) in [5, 5.41) is 39.5. The van der Waals surface area contributed by atoms with E-state index in [1.165, 1.54) is 97.1 Å². The molecule has 6 aromatic carbocycles. The molecule has 6 N–H and O–H groups in total. The van der Waals surface area contributed by atoms with Gasteiger partial charge in [-0.1, -0.05) is 36.4 Å². The summed E-state index contributed by atoms with van der Waals surface area (Å²) in [6.45, 7) is 0. The van der Waals surface area contributed by atoms with Crippen LogP contribution in [0.25, 0.3) is 43.8 Å². The summed E-state index contributed by atoms with van der Waals surface area (Å²) < 4.78 is 65.2. The van der Waals surface area contributed by atoms with Gasteiger partial charge in [-0.2, -0.15) is 16.8 Å². The van der Waals surface area contributed by atoms with Gasteiger partial charge in [0.15, 0.2) is 11.4 Å². The van der Waals surface area contributed by atoms with Gasteiger partial charge in [-0.05, 0) is 81.2 Å². The van der Waals surface area contributed by atoms with Crippen LogP contribution in [0.5, 0.6) is 0 Å². The fourth-order valence-corrected chi connectivity index (χ4v) is 6.61. The molecule has 0 saturated heterocycles. The third kappa shape index (κ3) is 7.29. The average Bonchev–Trinajstić information content (AvgIpc) is 3.10. The summed E-state index contributed by atoms with van der Waals surface area (Å²) in [6, 6.07) is 21.3. The first-order valence-electron chi connectivity index (χ1n) is 14.7. The highest BCUT2D eigenvalue weighted by Gasteiger charge is 2.21. The average molecular weight is 759 g/mol. The van der Waals surface area contributed by atoms with Crippen molar-refractivity contribution in [3.05, 3.63) is 117 Å². The minimum Gasteiger partial charge on any atom is -0.398 e. The normalized spacial score (nSPS) is 12.2. The fourth-order valence-electron chi connectivity index (χ4n) is 5.58. The summed E-state index contributed by atoms with van der Waals surface area (Å²) in [7, 11) is -8.98. The number of anilines is 2. The number of nitro benzene ring substituents is 2. The third-order valence-electron chi connectivity index (χ3n) is 7.93. The Morgan fingerprint density at radius 1 is 0.566 bits per heavy atom. The zero-order valence-corrected chi connectivity index (χ0v) is 28.1. The Morgan fingerprint density at radius 2 is 0.962 bits per heavy atom. The molecule has 0 aromatic heterocycles. The highest BCUT2D eigenvalue weighted by Crippen LogP contribution is 2.41. The molecule has 6 aromatic rings. The highest BCUT2D eigenvalue weighted by molar-refractivity contribution is 7.86. The predicted molar refractivity (Wildman–Crippen MR) is 191 cm³/mol. The van der Waals surface area contributed by atoms with E-state index in [4.69, 9.17) is 11.5 Å². The standard InChI is InChI=1S/C32H22N8O11S2/c33-25-9-1-17-13-21(52(45,46)47)5-7-23(17)31(25)19-3-11-27(29(15-19)39(41)42)35-37-51-38-36-28-12-4-20(16-30(28)40(43)44)32-24-8-6-22(53(48,49)50)14-18(24)2-10-26(32)34/h1-16H,33-34H2,(H,45,46,47)(H,48,49,50). The molecule has 0 saturated carbocycles. The molecule has 19 nitrogen and oxygen atoms in total. The van der Waals surface area contributed by atoms with Crippen molar-refractivity contribution in [2.75, 3.05) is 11.5 Å². The van der Waals surface area contributed by atoms with Crippen LogP contribution in [0.1, 0.15) is 0 Å². The van der Waals surface area contributed by atoms with Crippen molar-refractivity contribution >= 4 is 75.9 Å². The Labute approximate surface area is 297 Å². The molecule has 0 fully saturated rings. The number of rotatable bonds is 10. The van der Waals surface area contributed by atoms with Gasteiger partial charge in [-0.25, -0.2) is 4.94 Å². The van der Waals surface area contributed by atoms with Crippen molar-refractivity contribution in [2.45, 2.75) is 9.79 Å². The Balaban J connectivity index is 1.26. The zero-order chi connectivity index (χ0) is 38.2. The Morgan fingerprint density at radius 3 is 1.32 bits per heavy atom. The number of hydrogen-bond acceptors (Lipinski definition) is 15. The lowest BCUT2D eigenvalue weighted by molar-refractivity contribution is -0.384. The summed E-state index contributed by atoms with van der Waals surface area (Å²) in [4.78, 5) is 26.4. The van der Waals surface area contributed by atoms with E-state index in [0.717, 1.165) is 0 Å². The van der Waals surface area contributed by atoms with Gasteiger partial charge in [0, 0.05) is 34.6 Å². The second-order valence-electron chi connectivity index (χ2n) is 11.1. The molecule has 0 aliphatic carbocycles. The maximum absolute atomic E-state index is 12.0. The number of nitrogens with two attached hydrogens (primary N) is 2. The van der Waals surface area contributed by atoms with Crippen LogP contribution in [0.15, 0.2) is 128 Å². The predicted octanol–water partition coefficient (Wildman–Crippen LogP) is 7.52. The SMILES string of the molecule is Nc1ccc2cc(S(=O)(=O)O)ccc2c1-c1ccc(N=NON=Nc2ccc(-c3c(N)ccc4cc(S(=O)(=O)O)ccc34)cc2[N+](=O)[O-])c([N+](=O)[O-])c1. The maximum atomic E-state index is 12.0. The molecule has 0 unspecified atom stereocenters. The van der Waals surface area contributed by atoms with Gasteiger partial charge in [0.1, 0.15) is 0 Å². The first-order chi connectivity index (χ1) is 25.0. The second kappa shape index (κ2) is 13.6.